The zero-order chi connectivity index (χ0) is 15.5. The summed E-state index contributed by atoms with van der Waals surface area (Å²) in [5.41, 5.74) is -0.988. The Kier molecular flexibility index (Phi) is 4.77. The van der Waals surface area contributed by atoms with Gasteiger partial charge in [0.05, 0.1) is 6.61 Å². The summed E-state index contributed by atoms with van der Waals surface area (Å²) in [4.78, 5) is 11.3. The Balaban J connectivity index is 1.80. The van der Waals surface area contributed by atoms with Crippen LogP contribution >= 0.6 is 0 Å². The summed E-state index contributed by atoms with van der Waals surface area (Å²) < 4.78 is 31.2. The molecule has 1 unspecified atom stereocenters. The van der Waals surface area contributed by atoms with Crippen molar-refractivity contribution in [3.05, 3.63) is 29.8 Å². The van der Waals surface area contributed by atoms with E-state index in [1.165, 1.54) is 0 Å². The molecular weight excluding hydrogens is 280 g/mol. The third kappa shape index (κ3) is 4.67. The SMILES string of the molecule is CC(CCCOc1cc(F)cc(F)c1)(NC1CC1)C(=O)O. The fraction of sp³-hybridized carbons (Fsp3) is 0.533. The molecule has 0 aromatic heterocycles. The first kappa shape index (κ1) is 15.7. The lowest BCUT2D eigenvalue weighted by Gasteiger charge is -2.26. The molecule has 1 aliphatic carbocycles. The van der Waals surface area contributed by atoms with Crippen LogP contribution in [0, 0.1) is 11.6 Å². The Bertz CT molecular complexity index is 499. The van der Waals surface area contributed by atoms with Crippen molar-refractivity contribution >= 4 is 5.97 Å². The van der Waals surface area contributed by atoms with Gasteiger partial charge in [-0.15, -0.1) is 0 Å². The Hall–Kier alpha value is -1.69. The molecule has 0 spiro atoms. The maximum atomic E-state index is 13.0. The predicted octanol–water partition coefficient (Wildman–Crippen LogP) is 2.72. The normalized spacial score (nSPS) is 17.3. The number of carboxylic acid groups (broad SMARTS) is 1. The lowest BCUT2D eigenvalue weighted by molar-refractivity contribution is -0.144. The summed E-state index contributed by atoms with van der Waals surface area (Å²) in [6.45, 7) is 1.85. The average Bonchev–Trinajstić information content (AvgIpc) is 3.17. The molecule has 1 saturated carbocycles. The standard InChI is InChI=1S/C15H19F2NO3/c1-15(14(19)20,18-12-3-4-12)5-2-6-21-13-8-10(16)7-11(17)9-13/h7-9,12,18H,2-6H2,1H3,(H,19,20). The van der Waals surface area contributed by atoms with Crippen molar-refractivity contribution < 1.29 is 23.4 Å². The molecule has 0 heterocycles. The minimum atomic E-state index is -0.988. The fourth-order valence-corrected chi connectivity index (χ4v) is 2.15. The van der Waals surface area contributed by atoms with Crippen molar-refractivity contribution in [2.45, 2.75) is 44.2 Å². The monoisotopic (exact) mass is 299 g/mol. The molecule has 1 atom stereocenters. The highest BCUT2D eigenvalue weighted by Gasteiger charge is 2.37. The molecule has 2 rings (SSSR count). The van der Waals surface area contributed by atoms with E-state index in [2.05, 4.69) is 5.32 Å². The van der Waals surface area contributed by atoms with Crippen LogP contribution in [-0.4, -0.2) is 29.3 Å². The maximum Gasteiger partial charge on any atom is 0.323 e. The molecular formula is C15H19F2NO3. The number of aliphatic carboxylic acids is 1. The fourth-order valence-electron chi connectivity index (χ4n) is 2.15. The van der Waals surface area contributed by atoms with Crippen LogP contribution in [0.25, 0.3) is 0 Å². The highest BCUT2D eigenvalue weighted by Crippen LogP contribution is 2.25. The molecule has 21 heavy (non-hydrogen) atoms. The molecule has 0 saturated heterocycles. The van der Waals surface area contributed by atoms with Crippen molar-refractivity contribution in [1.29, 1.82) is 0 Å². The average molecular weight is 299 g/mol. The Morgan fingerprint density at radius 3 is 2.52 bits per heavy atom. The Morgan fingerprint density at radius 1 is 1.38 bits per heavy atom. The van der Waals surface area contributed by atoms with Crippen molar-refractivity contribution in [1.82, 2.24) is 5.32 Å². The smallest absolute Gasteiger partial charge is 0.323 e. The number of halogens is 2. The summed E-state index contributed by atoms with van der Waals surface area (Å²) in [5.74, 6) is -2.18. The molecule has 1 fully saturated rings. The number of nitrogens with one attached hydrogen (secondary N) is 1. The van der Waals surface area contributed by atoms with Crippen LogP contribution in [0.1, 0.15) is 32.6 Å². The van der Waals surface area contributed by atoms with Gasteiger partial charge < -0.3 is 9.84 Å². The highest BCUT2D eigenvalue weighted by atomic mass is 19.1. The molecule has 0 aliphatic heterocycles. The van der Waals surface area contributed by atoms with Crippen LogP contribution in [0.15, 0.2) is 18.2 Å². The van der Waals surface area contributed by atoms with Gasteiger partial charge in [-0.25, -0.2) is 8.78 Å². The van der Waals surface area contributed by atoms with Gasteiger partial charge in [0, 0.05) is 24.2 Å². The van der Waals surface area contributed by atoms with Crippen LogP contribution < -0.4 is 10.1 Å². The van der Waals surface area contributed by atoms with E-state index >= 15 is 0 Å². The molecule has 1 aliphatic rings. The third-order valence-corrected chi connectivity index (χ3v) is 3.50. The third-order valence-electron chi connectivity index (χ3n) is 3.50. The number of carbonyl (C=O) groups is 1. The number of rotatable bonds is 8. The second-order valence-corrected chi connectivity index (χ2v) is 5.61. The van der Waals surface area contributed by atoms with Crippen molar-refractivity contribution in [2.24, 2.45) is 0 Å². The number of hydrogen-bond acceptors (Lipinski definition) is 3. The second-order valence-electron chi connectivity index (χ2n) is 5.61. The molecule has 0 amide bonds. The van der Waals surface area contributed by atoms with Crippen LogP contribution in [-0.2, 0) is 4.79 Å². The van der Waals surface area contributed by atoms with Gasteiger partial charge in [-0.1, -0.05) is 0 Å². The zero-order valence-electron chi connectivity index (χ0n) is 11.9. The van der Waals surface area contributed by atoms with E-state index in [0.717, 1.165) is 31.0 Å². The van der Waals surface area contributed by atoms with E-state index in [-0.39, 0.29) is 18.4 Å². The van der Waals surface area contributed by atoms with Crippen LogP contribution in [0.5, 0.6) is 5.75 Å². The second kappa shape index (κ2) is 6.39. The molecule has 1 aromatic carbocycles. The van der Waals surface area contributed by atoms with E-state index in [9.17, 15) is 18.7 Å². The van der Waals surface area contributed by atoms with Gasteiger partial charge in [-0.2, -0.15) is 0 Å². The van der Waals surface area contributed by atoms with E-state index in [1.54, 1.807) is 6.92 Å². The topological polar surface area (TPSA) is 58.6 Å². The first-order valence-corrected chi connectivity index (χ1v) is 6.99. The van der Waals surface area contributed by atoms with Gasteiger partial charge in [0.1, 0.15) is 22.9 Å². The summed E-state index contributed by atoms with van der Waals surface area (Å²) in [5, 5.41) is 12.4. The molecule has 0 bridgehead atoms. The number of benzene rings is 1. The van der Waals surface area contributed by atoms with Gasteiger partial charge in [-0.3, -0.25) is 10.1 Å². The van der Waals surface area contributed by atoms with Gasteiger partial charge in [0.25, 0.3) is 0 Å². The van der Waals surface area contributed by atoms with Crippen molar-refractivity contribution in [3.63, 3.8) is 0 Å². The van der Waals surface area contributed by atoms with E-state index in [4.69, 9.17) is 4.74 Å². The molecule has 4 nitrogen and oxygen atoms in total. The molecule has 6 heteroatoms. The van der Waals surface area contributed by atoms with Gasteiger partial charge in [0.2, 0.25) is 0 Å². The molecule has 0 radical (unpaired) electrons. The van der Waals surface area contributed by atoms with Gasteiger partial charge in [-0.05, 0) is 32.6 Å². The number of ether oxygens (including phenoxy) is 1. The predicted molar refractivity (Wildman–Crippen MR) is 73.3 cm³/mol. The first-order valence-electron chi connectivity index (χ1n) is 6.99. The Morgan fingerprint density at radius 2 is 2.00 bits per heavy atom. The van der Waals surface area contributed by atoms with Crippen LogP contribution in [0.3, 0.4) is 0 Å². The molecule has 1 aromatic rings. The lowest BCUT2D eigenvalue weighted by atomic mass is 9.96. The Labute approximate surface area is 122 Å². The highest BCUT2D eigenvalue weighted by molar-refractivity contribution is 5.78. The summed E-state index contributed by atoms with van der Waals surface area (Å²) in [6, 6.07) is 3.25. The maximum absolute atomic E-state index is 13.0. The summed E-state index contributed by atoms with van der Waals surface area (Å²) in [7, 11) is 0. The summed E-state index contributed by atoms with van der Waals surface area (Å²) in [6.07, 6.45) is 2.86. The van der Waals surface area contributed by atoms with Crippen molar-refractivity contribution in [3.8, 4) is 5.75 Å². The van der Waals surface area contributed by atoms with Crippen LogP contribution in [0.4, 0.5) is 8.78 Å². The van der Waals surface area contributed by atoms with E-state index in [0.29, 0.717) is 12.8 Å². The lowest BCUT2D eigenvalue weighted by Crippen LogP contribution is -2.50. The molecule has 116 valence electrons. The van der Waals surface area contributed by atoms with Gasteiger partial charge >= 0.3 is 5.97 Å². The van der Waals surface area contributed by atoms with Crippen molar-refractivity contribution in [2.75, 3.05) is 6.61 Å². The number of hydrogen-bond donors (Lipinski definition) is 2. The van der Waals surface area contributed by atoms with Gasteiger partial charge in [0.15, 0.2) is 0 Å². The largest absolute Gasteiger partial charge is 0.493 e. The number of carboxylic acids is 1. The van der Waals surface area contributed by atoms with Crippen LogP contribution in [0.2, 0.25) is 0 Å². The minimum Gasteiger partial charge on any atom is -0.493 e. The molecule has 2 N–H and O–H groups in total. The first-order chi connectivity index (χ1) is 9.89. The minimum absolute atomic E-state index is 0.111. The van der Waals surface area contributed by atoms with E-state index in [1.807, 2.05) is 0 Å². The van der Waals surface area contributed by atoms with E-state index < -0.39 is 23.1 Å². The zero-order valence-corrected chi connectivity index (χ0v) is 11.9. The summed E-state index contributed by atoms with van der Waals surface area (Å²) >= 11 is 0. The quantitative estimate of drug-likeness (QED) is 0.725.